The summed E-state index contributed by atoms with van der Waals surface area (Å²) in [5.74, 6) is -1.33. The number of hydrogen-bond donors (Lipinski definition) is 5. The van der Waals surface area contributed by atoms with Gasteiger partial charge in [-0.25, -0.2) is 0 Å². The number of Topliss-reactive ketones (excluding diaryl/α,β-unsaturated/α-hetero) is 1. The fourth-order valence-corrected chi connectivity index (χ4v) is 5.09. The summed E-state index contributed by atoms with van der Waals surface area (Å²) in [6.07, 6.45) is 6.88. The van der Waals surface area contributed by atoms with E-state index in [0.717, 1.165) is 12.8 Å². The van der Waals surface area contributed by atoms with E-state index in [1.807, 2.05) is 32.7 Å². The zero-order valence-electron chi connectivity index (χ0n) is 31.8. The maximum Gasteiger partial charge on any atom is 0.242 e. The Morgan fingerprint density at radius 1 is 0.400 bits per heavy atom. The van der Waals surface area contributed by atoms with Gasteiger partial charge in [0.15, 0.2) is 5.78 Å². The zero-order chi connectivity index (χ0) is 38.0. The Morgan fingerprint density at radius 2 is 0.660 bits per heavy atom. The number of hydrogen-bond acceptors (Lipinski definition) is 11. The first-order chi connectivity index (χ1) is 23.7. The van der Waals surface area contributed by atoms with Crippen molar-refractivity contribution in [2.24, 2.45) is 34.1 Å². The van der Waals surface area contributed by atoms with Crippen molar-refractivity contribution in [3.63, 3.8) is 0 Å². The van der Waals surface area contributed by atoms with Crippen LogP contribution in [-0.4, -0.2) is 159 Å². The van der Waals surface area contributed by atoms with E-state index < -0.39 is 5.41 Å². The van der Waals surface area contributed by atoms with Gasteiger partial charge < -0.3 is 48.3 Å². The van der Waals surface area contributed by atoms with Crippen molar-refractivity contribution in [3.05, 3.63) is 0 Å². The third-order valence-electron chi connectivity index (χ3n) is 8.49. The first kappa shape index (κ1) is 47.3. The van der Waals surface area contributed by atoms with Gasteiger partial charge in [0, 0.05) is 31.6 Å². The van der Waals surface area contributed by atoms with Crippen molar-refractivity contribution in [2.75, 3.05) is 105 Å². The minimum Gasteiger partial charge on any atom is -0.334 e. The average Bonchev–Trinajstić information content (AvgIpc) is 3.06. The molecule has 0 bridgehead atoms. The number of ketones is 1. The fraction of sp³-hybridized carbons (Fsp3) is 0.857. The molecule has 0 aliphatic rings. The first-order valence-electron chi connectivity index (χ1n) is 18.6. The Hall–Kier alpha value is -2.69. The summed E-state index contributed by atoms with van der Waals surface area (Å²) in [6, 6.07) is 0. The van der Waals surface area contributed by atoms with Crippen LogP contribution in [0.4, 0.5) is 0 Å². The quantitative estimate of drug-likeness (QED) is 0.0598. The van der Waals surface area contributed by atoms with Gasteiger partial charge in [0.05, 0.1) is 32.7 Å². The molecular formula is C35H72N10O5. The molecule has 0 aliphatic heterocycles. The Morgan fingerprint density at radius 3 is 0.940 bits per heavy atom. The molecule has 15 nitrogen and oxygen atoms in total. The Labute approximate surface area is 301 Å². The predicted octanol–water partition coefficient (Wildman–Crippen LogP) is -0.458. The van der Waals surface area contributed by atoms with Crippen LogP contribution >= 0.6 is 0 Å². The molecule has 0 aliphatic carbocycles. The molecule has 0 radical (unpaired) electrons. The van der Waals surface area contributed by atoms with Crippen molar-refractivity contribution in [1.29, 1.82) is 0 Å². The molecule has 0 atom stereocenters. The monoisotopic (exact) mass is 713 g/mol. The topological polar surface area (TPSA) is 232 Å². The highest BCUT2D eigenvalue weighted by atomic mass is 16.2. The second kappa shape index (κ2) is 28.0. The number of amides is 4. The second-order valence-corrected chi connectivity index (χ2v) is 14.2. The Balaban J connectivity index is 6.08. The normalized spacial score (nSPS) is 11.5. The highest BCUT2D eigenvalue weighted by molar-refractivity contribution is 5.92. The molecule has 50 heavy (non-hydrogen) atoms. The van der Waals surface area contributed by atoms with Gasteiger partial charge in [-0.2, -0.15) is 0 Å². The van der Waals surface area contributed by atoms with E-state index >= 15 is 0 Å². The van der Waals surface area contributed by atoms with E-state index in [1.165, 1.54) is 14.7 Å². The number of likely N-dealkylation sites (N-methyl/N-ethyl adjacent to an activating group) is 1. The zero-order valence-corrected chi connectivity index (χ0v) is 31.8. The minimum atomic E-state index is -0.632. The third kappa shape index (κ3) is 21.5. The van der Waals surface area contributed by atoms with Gasteiger partial charge in [-0.05, 0) is 111 Å². The van der Waals surface area contributed by atoms with Gasteiger partial charge in [0.2, 0.25) is 23.6 Å². The van der Waals surface area contributed by atoms with Crippen LogP contribution in [0, 0.1) is 5.41 Å². The lowest BCUT2D eigenvalue weighted by Gasteiger charge is -2.32. The molecule has 15 heteroatoms. The van der Waals surface area contributed by atoms with Crippen LogP contribution in [0.25, 0.3) is 0 Å². The van der Waals surface area contributed by atoms with Crippen LogP contribution < -0.4 is 28.7 Å². The maximum absolute atomic E-state index is 13.9. The standard InChI is InChI=1S/C35H72N10O5/c1-35(2,3)30(46)25-42(21-11-6-16-37)32(48)27-44(23-13-8-18-39)34(50)29-45(24-14-9-19-40)33(49)28-43(22-12-7-17-38)31(47)26-41(4)20-10-5-15-36/h5-29,36-40H2,1-4H3. The molecule has 0 saturated carbocycles. The van der Waals surface area contributed by atoms with E-state index in [9.17, 15) is 24.0 Å². The first-order valence-corrected chi connectivity index (χ1v) is 18.6. The third-order valence-corrected chi connectivity index (χ3v) is 8.49. The molecule has 0 aromatic carbocycles. The van der Waals surface area contributed by atoms with E-state index in [2.05, 4.69) is 0 Å². The van der Waals surface area contributed by atoms with Crippen molar-refractivity contribution < 1.29 is 24.0 Å². The number of carbonyl (C=O) groups excluding carboxylic acids is 5. The molecule has 0 heterocycles. The van der Waals surface area contributed by atoms with Crippen LogP contribution in [0.1, 0.15) is 85.0 Å². The lowest BCUT2D eigenvalue weighted by atomic mass is 9.90. The SMILES string of the molecule is CN(CCCCN)CC(=O)N(CCCCN)CC(=O)N(CCCCN)CC(=O)N(CCCCN)CC(=O)N(CCCCN)CC(=O)C(C)(C)C. The average molecular weight is 713 g/mol. The predicted molar refractivity (Wildman–Crippen MR) is 200 cm³/mol. The summed E-state index contributed by atoms with van der Waals surface area (Å²) < 4.78 is 0. The molecule has 0 rings (SSSR count). The highest BCUT2D eigenvalue weighted by Gasteiger charge is 2.29. The molecule has 4 amide bonds. The van der Waals surface area contributed by atoms with Crippen molar-refractivity contribution in [2.45, 2.75) is 85.0 Å². The molecule has 0 aromatic heterocycles. The molecule has 0 spiro atoms. The van der Waals surface area contributed by atoms with Gasteiger partial charge in [-0.1, -0.05) is 20.8 Å². The number of carbonyl (C=O) groups is 5. The number of nitrogens with zero attached hydrogens (tertiary/aromatic N) is 5. The lowest BCUT2D eigenvalue weighted by Crippen LogP contribution is -2.51. The summed E-state index contributed by atoms with van der Waals surface area (Å²) >= 11 is 0. The Kier molecular flexibility index (Phi) is 26.5. The summed E-state index contributed by atoms with van der Waals surface area (Å²) in [6.45, 7) is 9.25. The molecular weight excluding hydrogens is 640 g/mol. The summed E-state index contributed by atoms with van der Waals surface area (Å²) in [5, 5.41) is 0. The van der Waals surface area contributed by atoms with Crippen LogP contribution in [-0.2, 0) is 24.0 Å². The van der Waals surface area contributed by atoms with E-state index in [0.29, 0.717) is 104 Å². The largest absolute Gasteiger partial charge is 0.334 e. The molecule has 0 aromatic rings. The maximum atomic E-state index is 13.9. The van der Waals surface area contributed by atoms with Gasteiger partial charge >= 0.3 is 0 Å². The van der Waals surface area contributed by atoms with Crippen molar-refractivity contribution >= 4 is 29.4 Å². The highest BCUT2D eigenvalue weighted by Crippen LogP contribution is 2.16. The lowest BCUT2D eigenvalue weighted by molar-refractivity contribution is -0.147. The van der Waals surface area contributed by atoms with Crippen LogP contribution in [0.5, 0.6) is 0 Å². The number of rotatable bonds is 30. The smallest absolute Gasteiger partial charge is 0.242 e. The van der Waals surface area contributed by atoms with Crippen LogP contribution in [0.3, 0.4) is 0 Å². The molecule has 0 saturated heterocycles. The summed E-state index contributed by atoms with van der Waals surface area (Å²) in [4.78, 5) is 75.6. The molecule has 10 N–H and O–H groups in total. The van der Waals surface area contributed by atoms with Crippen molar-refractivity contribution in [3.8, 4) is 0 Å². The van der Waals surface area contributed by atoms with Crippen LogP contribution in [0.15, 0.2) is 0 Å². The molecule has 0 fully saturated rings. The fourth-order valence-electron chi connectivity index (χ4n) is 5.09. The second-order valence-electron chi connectivity index (χ2n) is 14.2. The van der Waals surface area contributed by atoms with E-state index in [1.54, 1.807) is 4.90 Å². The van der Waals surface area contributed by atoms with E-state index in [-0.39, 0.29) is 75.2 Å². The molecule has 0 unspecified atom stereocenters. The summed E-state index contributed by atoms with van der Waals surface area (Å²) in [5.41, 5.74) is 27.8. The number of nitrogens with two attached hydrogens (primary N) is 5. The van der Waals surface area contributed by atoms with Crippen LogP contribution in [0.2, 0.25) is 0 Å². The summed E-state index contributed by atoms with van der Waals surface area (Å²) in [7, 11) is 1.87. The minimum absolute atomic E-state index is 0.0579. The molecule has 292 valence electrons. The number of unbranched alkanes of at least 4 members (excludes halogenated alkanes) is 5. The Bertz CT molecular complexity index is 978. The van der Waals surface area contributed by atoms with Gasteiger partial charge in [0.1, 0.15) is 0 Å². The van der Waals surface area contributed by atoms with E-state index in [4.69, 9.17) is 28.7 Å². The van der Waals surface area contributed by atoms with Crippen molar-refractivity contribution in [1.82, 2.24) is 24.5 Å². The van der Waals surface area contributed by atoms with Gasteiger partial charge in [-0.3, -0.25) is 28.9 Å². The van der Waals surface area contributed by atoms with Gasteiger partial charge in [-0.15, -0.1) is 0 Å². The van der Waals surface area contributed by atoms with Gasteiger partial charge in [0.25, 0.3) is 0 Å².